The topological polar surface area (TPSA) is 37.8 Å². The molecule has 82 valence electrons. The molecule has 2 rings (SSSR count). The average molecular weight is 291 g/mol. The van der Waals surface area contributed by atoms with Crippen LogP contribution in [0.1, 0.15) is 25.7 Å². The fraction of sp³-hybridized carbons (Fsp3) is 0.600. The largest absolute Gasteiger partial charge is 0.362 e. The van der Waals surface area contributed by atoms with E-state index in [0.29, 0.717) is 5.88 Å². The van der Waals surface area contributed by atoms with E-state index in [4.69, 9.17) is 11.6 Å². The third-order valence-corrected chi connectivity index (χ3v) is 3.96. The number of aromatic nitrogens is 2. The molecule has 1 aliphatic rings. The minimum atomic E-state index is 0.0262. The zero-order chi connectivity index (χ0) is 10.7. The van der Waals surface area contributed by atoms with Crippen LogP contribution in [0, 0.1) is 0 Å². The highest BCUT2D eigenvalue weighted by atomic mass is 79.9. The van der Waals surface area contributed by atoms with Crippen molar-refractivity contribution < 1.29 is 0 Å². The van der Waals surface area contributed by atoms with Crippen LogP contribution in [0.25, 0.3) is 0 Å². The van der Waals surface area contributed by atoms with Crippen molar-refractivity contribution in [1.29, 1.82) is 0 Å². The van der Waals surface area contributed by atoms with Gasteiger partial charge in [0.25, 0.3) is 0 Å². The predicted molar refractivity (Wildman–Crippen MR) is 65.3 cm³/mol. The summed E-state index contributed by atoms with van der Waals surface area (Å²) in [6.45, 7) is 0. The summed E-state index contributed by atoms with van der Waals surface area (Å²) in [5.74, 6) is 1.47. The van der Waals surface area contributed by atoms with Gasteiger partial charge in [0, 0.05) is 12.1 Å². The Morgan fingerprint density at radius 2 is 2.20 bits per heavy atom. The molecular weight excluding hydrogens is 277 g/mol. The number of anilines is 1. The molecule has 0 radical (unpaired) electrons. The van der Waals surface area contributed by atoms with E-state index in [1.54, 1.807) is 12.5 Å². The van der Waals surface area contributed by atoms with Crippen LogP contribution < -0.4 is 5.32 Å². The lowest BCUT2D eigenvalue weighted by atomic mass is 10.0. The fourth-order valence-corrected chi connectivity index (χ4v) is 2.65. The minimum Gasteiger partial charge on any atom is -0.362 e. The first-order valence-electron chi connectivity index (χ1n) is 5.05. The van der Waals surface area contributed by atoms with Gasteiger partial charge in [0.2, 0.25) is 0 Å². The van der Waals surface area contributed by atoms with Gasteiger partial charge >= 0.3 is 0 Å². The molecule has 3 nitrogen and oxygen atoms in total. The third kappa shape index (κ3) is 2.42. The van der Waals surface area contributed by atoms with Gasteiger partial charge in [-0.1, -0.05) is 12.8 Å². The van der Waals surface area contributed by atoms with Crippen LogP contribution in [0.4, 0.5) is 5.82 Å². The molecule has 0 atom stereocenters. The van der Waals surface area contributed by atoms with Crippen LogP contribution in [0.15, 0.2) is 17.0 Å². The van der Waals surface area contributed by atoms with Gasteiger partial charge < -0.3 is 5.32 Å². The lowest BCUT2D eigenvalue weighted by molar-refractivity contribution is 0.537. The Hall–Kier alpha value is -0.350. The second-order valence-electron chi connectivity index (χ2n) is 3.97. The summed E-state index contributed by atoms with van der Waals surface area (Å²) in [6.07, 6.45) is 8.00. The second-order valence-corrected chi connectivity index (χ2v) is 5.09. The Morgan fingerprint density at radius 3 is 2.80 bits per heavy atom. The van der Waals surface area contributed by atoms with Gasteiger partial charge in [0.05, 0.1) is 10.0 Å². The molecule has 0 saturated heterocycles. The lowest BCUT2D eigenvalue weighted by Crippen LogP contribution is -2.37. The number of rotatable bonds is 3. The van der Waals surface area contributed by atoms with Gasteiger partial charge in [-0.15, -0.1) is 11.6 Å². The number of nitrogens with zero attached hydrogens (tertiary/aromatic N) is 2. The summed E-state index contributed by atoms with van der Waals surface area (Å²) in [4.78, 5) is 8.14. The summed E-state index contributed by atoms with van der Waals surface area (Å²) in [6, 6.07) is 0. The third-order valence-electron chi connectivity index (χ3n) is 2.87. The van der Waals surface area contributed by atoms with E-state index in [-0.39, 0.29) is 5.54 Å². The summed E-state index contributed by atoms with van der Waals surface area (Å²) >= 11 is 9.47. The molecule has 1 saturated carbocycles. The molecule has 1 aromatic rings. The molecule has 0 aromatic carbocycles. The maximum Gasteiger partial charge on any atom is 0.144 e. The maximum absolute atomic E-state index is 6.05. The Kier molecular flexibility index (Phi) is 3.46. The summed E-state index contributed by atoms with van der Waals surface area (Å²) in [5.41, 5.74) is 0.0262. The molecule has 0 aliphatic heterocycles. The molecule has 0 spiro atoms. The van der Waals surface area contributed by atoms with Crippen molar-refractivity contribution in [3.05, 3.63) is 17.0 Å². The van der Waals surface area contributed by atoms with E-state index < -0.39 is 0 Å². The quantitative estimate of drug-likeness (QED) is 0.869. The van der Waals surface area contributed by atoms with Crippen LogP contribution in [0.3, 0.4) is 0 Å². The SMILES string of the molecule is ClCC1(Nc2ncncc2Br)CCCC1. The van der Waals surface area contributed by atoms with E-state index >= 15 is 0 Å². The molecule has 1 heterocycles. The van der Waals surface area contributed by atoms with Crippen LogP contribution >= 0.6 is 27.5 Å². The Labute approximate surface area is 103 Å². The van der Waals surface area contributed by atoms with Crippen molar-refractivity contribution in [2.45, 2.75) is 31.2 Å². The van der Waals surface area contributed by atoms with Crippen LogP contribution in [-0.4, -0.2) is 21.4 Å². The fourth-order valence-electron chi connectivity index (χ4n) is 2.00. The minimum absolute atomic E-state index is 0.0262. The zero-order valence-electron chi connectivity index (χ0n) is 8.34. The highest BCUT2D eigenvalue weighted by Crippen LogP contribution is 2.35. The van der Waals surface area contributed by atoms with Crippen LogP contribution in [-0.2, 0) is 0 Å². The van der Waals surface area contributed by atoms with E-state index in [1.165, 1.54) is 12.8 Å². The molecule has 0 amide bonds. The monoisotopic (exact) mass is 289 g/mol. The first kappa shape index (κ1) is 11.1. The van der Waals surface area contributed by atoms with Crippen LogP contribution in [0.5, 0.6) is 0 Å². The lowest BCUT2D eigenvalue weighted by Gasteiger charge is -2.28. The van der Waals surface area contributed by atoms with Gasteiger partial charge in [0.1, 0.15) is 12.1 Å². The molecular formula is C10H13BrClN3. The predicted octanol–water partition coefficient (Wildman–Crippen LogP) is 3.20. The number of halogens is 2. The molecule has 0 bridgehead atoms. The van der Waals surface area contributed by atoms with Gasteiger partial charge in [-0.05, 0) is 28.8 Å². The van der Waals surface area contributed by atoms with E-state index in [0.717, 1.165) is 23.1 Å². The van der Waals surface area contributed by atoms with Gasteiger partial charge in [0.15, 0.2) is 0 Å². The van der Waals surface area contributed by atoms with Crippen molar-refractivity contribution in [3.8, 4) is 0 Å². The van der Waals surface area contributed by atoms with Crippen molar-refractivity contribution in [2.24, 2.45) is 0 Å². The summed E-state index contributed by atoms with van der Waals surface area (Å²) < 4.78 is 0.890. The van der Waals surface area contributed by atoms with Crippen molar-refractivity contribution in [2.75, 3.05) is 11.2 Å². The van der Waals surface area contributed by atoms with Crippen molar-refractivity contribution in [1.82, 2.24) is 9.97 Å². The van der Waals surface area contributed by atoms with Gasteiger partial charge in [-0.3, -0.25) is 0 Å². The van der Waals surface area contributed by atoms with E-state index in [9.17, 15) is 0 Å². The Bertz CT molecular complexity index is 339. The number of alkyl halides is 1. The molecule has 0 unspecified atom stereocenters. The summed E-state index contributed by atoms with van der Waals surface area (Å²) in [7, 11) is 0. The molecule has 5 heteroatoms. The highest BCUT2D eigenvalue weighted by molar-refractivity contribution is 9.10. The Balaban J connectivity index is 2.16. The van der Waals surface area contributed by atoms with Crippen LogP contribution in [0.2, 0.25) is 0 Å². The number of nitrogens with one attached hydrogen (secondary N) is 1. The Morgan fingerprint density at radius 1 is 1.47 bits per heavy atom. The summed E-state index contributed by atoms with van der Waals surface area (Å²) in [5, 5.41) is 3.44. The first-order valence-corrected chi connectivity index (χ1v) is 6.38. The first-order chi connectivity index (χ1) is 7.26. The maximum atomic E-state index is 6.05. The van der Waals surface area contributed by atoms with E-state index in [1.807, 2.05) is 0 Å². The zero-order valence-corrected chi connectivity index (χ0v) is 10.7. The molecule has 15 heavy (non-hydrogen) atoms. The average Bonchev–Trinajstić information content (AvgIpc) is 2.71. The smallest absolute Gasteiger partial charge is 0.144 e. The van der Waals surface area contributed by atoms with Crippen molar-refractivity contribution in [3.63, 3.8) is 0 Å². The highest BCUT2D eigenvalue weighted by Gasteiger charge is 2.33. The normalized spacial score (nSPS) is 19.1. The van der Waals surface area contributed by atoms with Gasteiger partial charge in [-0.2, -0.15) is 0 Å². The molecule has 1 aromatic heterocycles. The molecule has 1 N–H and O–H groups in total. The molecule has 1 aliphatic carbocycles. The second kappa shape index (κ2) is 4.66. The van der Waals surface area contributed by atoms with Crippen molar-refractivity contribution >= 4 is 33.3 Å². The van der Waals surface area contributed by atoms with E-state index in [2.05, 4.69) is 31.2 Å². The van der Waals surface area contributed by atoms with Gasteiger partial charge in [-0.25, -0.2) is 9.97 Å². The molecule has 1 fully saturated rings. The standard InChI is InChI=1S/C10H13BrClN3/c11-8-5-13-7-14-9(8)15-10(6-12)3-1-2-4-10/h5,7H,1-4,6H2,(H,13,14,15). The number of hydrogen-bond acceptors (Lipinski definition) is 3. The number of hydrogen-bond donors (Lipinski definition) is 1.